The third-order valence-electron chi connectivity index (χ3n) is 4.47. The average Bonchev–Trinajstić information content (AvgIpc) is 2.96. The molecule has 0 saturated carbocycles. The van der Waals surface area contributed by atoms with Crippen molar-refractivity contribution >= 4 is 22.2 Å². The quantitative estimate of drug-likeness (QED) is 0.299. The van der Waals surface area contributed by atoms with Gasteiger partial charge in [0.1, 0.15) is 24.1 Å². The highest BCUT2D eigenvalue weighted by Crippen LogP contribution is 2.45. The van der Waals surface area contributed by atoms with Crippen molar-refractivity contribution in [3.63, 3.8) is 0 Å². The van der Waals surface area contributed by atoms with E-state index in [0.717, 1.165) is 17.4 Å². The van der Waals surface area contributed by atoms with E-state index in [2.05, 4.69) is 4.98 Å². The van der Waals surface area contributed by atoms with Crippen LogP contribution in [0.3, 0.4) is 0 Å². The highest BCUT2D eigenvalue weighted by molar-refractivity contribution is 7.46. The van der Waals surface area contributed by atoms with Crippen LogP contribution in [0.15, 0.2) is 17.1 Å². The standard InChI is InChI=1S/C14H23N3O11P2/c15-9-4-5-17(14(18)16-9)13-12(27-10-3-1-2-6-24-10)11(28-30(21,22)23)8(26-13)7-25-29(19)20/h4-5,8,10-13,19-20H,1-3,6-7H2,(H2,15,16,18)(H2,21,22,23)/t8-,10?,11-,12-,13-/m1/s1. The zero-order valence-corrected chi connectivity index (χ0v) is 17.4. The van der Waals surface area contributed by atoms with Gasteiger partial charge in [-0.3, -0.25) is 9.09 Å². The van der Waals surface area contributed by atoms with Crippen molar-refractivity contribution < 1.29 is 47.4 Å². The molecule has 0 bridgehead atoms. The number of aromatic nitrogens is 2. The number of anilines is 1. The van der Waals surface area contributed by atoms with Crippen molar-refractivity contribution in [2.45, 2.75) is 50.1 Å². The van der Waals surface area contributed by atoms with Crippen LogP contribution in [-0.4, -0.2) is 66.9 Å². The Hall–Kier alpha value is -1.02. The monoisotopic (exact) mass is 471 g/mol. The number of nitrogen functional groups attached to an aromatic ring is 1. The minimum absolute atomic E-state index is 0.0311. The van der Waals surface area contributed by atoms with Gasteiger partial charge in [-0.05, 0) is 25.3 Å². The van der Waals surface area contributed by atoms with Crippen LogP contribution >= 0.6 is 16.4 Å². The first-order valence-electron chi connectivity index (χ1n) is 8.96. The molecule has 1 unspecified atom stereocenters. The number of phosphoric acid groups is 1. The van der Waals surface area contributed by atoms with E-state index in [1.54, 1.807) is 0 Å². The summed E-state index contributed by atoms with van der Waals surface area (Å²) < 4.78 is 39.4. The number of nitrogens with zero attached hydrogens (tertiary/aromatic N) is 2. The molecule has 0 spiro atoms. The molecule has 2 aliphatic heterocycles. The molecular weight excluding hydrogens is 448 g/mol. The molecule has 5 atom stereocenters. The van der Waals surface area contributed by atoms with E-state index in [-0.39, 0.29) is 5.82 Å². The van der Waals surface area contributed by atoms with Crippen LogP contribution < -0.4 is 11.4 Å². The van der Waals surface area contributed by atoms with Crippen LogP contribution in [0.4, 0.5) is 5.82 Å². The van der Waals surface area contributed by atoms with Gasteiger partial charge in [0.25, 0.3) is 0 Å². The van der Waals surface area contributed by atoms with Gasteiger partial charge in [-0.1, -0.05) is 0 Å². The van der Waals surface area contributed by atoms with Gasteiger partial charge in [0, 0.05) is 12.8 Å². The molecule has 170 valence electrons. The molecular formula is C14H23N3O11P2. The van der Waals surface area contributed by atoms with Crippen LogP contribution in [-0.2, 0) is 27.8 Å². The van der Waals surface area contributed by atoms with E-state index >= 15 is 0 Å². The summed E-state index contributed by atoms with van der Waals surface area (Å²) >= 11 is 0. The van der Waals surface area contributed by atoms with E-state index in [4.69, 9.17) is 38.8 Å². The lowest BCUT2D eigenvalue weighted by Gasteiger charge is -2.31. The lowest BCUT2D eigenvalue weighted by Crippen LogP contribution is -2.42. The van der Waals surface area contributed by atoms with E-state index < -0.39 is 59.6 Å². The molecule has 0 amide bonds. The summed E-state index contributed by atoms with van der Waals surface area (Å²) in [7, 11) is -7.80. The fourth-order valence-electron chi connectivity index (χ4n) is 3.25. The molecule has 0 radical (unpaired) electrons. The Bertz CT molecular complexity index is 813. The number of hydrogen-bond donors (Lipinski definition) is 5. The Morgan fingerprint density at radius 1 is 1.33 bits per heavy atom. The lowest BCUT2D eigenvalue weighted by atomic mass is 10.1. The number of phosphoric ester groups is 1. The summed E-state index contributed by atoms with van der Waals surface area (Å²) in [6.45, 7) is -0.0649. The third-order valence-corrected chi connectivity index (χ3v) is 5.37. The molecule has 6 N–H and O–H groups in total. The van der Waals surface area contributed by atoms with Crippen LogP contribution in [0.25, 0.3) is 0 Å². The summed E-state index contributed by atoms with van der Waals surface area (Å²) in [5.41, 5.74) is 4.72. The molecule has 2 aliphatic rings. The van der Waals surface area contributed by atoms with Crippen LogP contribution in [0, 0.1) is 0 Å². The van der Waals surface area contributed by atoms with Gasteiger partial charge in [0.05, 0.1) is 6.61 Å². The van der Waals surface area contributed by atoms with Crippen molar-refractivity contribution in [3.05, 3.63) is 22.7 Å². The minimum Gasteiger partial charge on any atom is -0.383 e. The zero-order valence-electron chi connectivity index (χ0n) is 15.6. The summed E-state index contributed by atoms with van der Waals surface area (Å²) in [6.07, 6.45) is -2.38. The first kappa shape index (κ1) is 23.6. The van der Waals surface area contributed by atoms with Crippen LogP contribution in [0.1, 0.15) is 25.5 Å². The summed E-state index contributed by atoms with van der Waals surface area (Å²) in [5.74, 6) is -0.0311. The Labute approximate surface area is 171 Å². The summed E-state index contributed by atoms with van der Waals surface area (Å²) in [5, 5.41) is 0. The molecule has 1 aromatic rings. The smallest absolute Gasteiger partial charge is 0.383 e. The van der Waals surface area contributed by atoms with Crippen molar-refractivity contribution in [1.29, 1.82) is 0 Å². The van der Waals surface area contributed by atoms with Crippen LogP contribution in [0.2, 0.25) is 0 Å². The van der Waals surface area contributed by atoms with Gasteiger partial charge in [0.2, 0.25) is 0 Å². The largest absolute Gasteiger partial charge is 0.470 e. The van der Waals surface area contributed by atoms with E-state index in [1.807, 2.05) is 0 Å². The Morgan fingerprint density at radius 3 is 2.70 bits per heavy atom. The second-order valence-electron chi connectivity index (χ2n) is 6.61. The highest BCUT2D eigenvalue weighted by Gasteiger charge is 2.51. The van der Waals surface area contributed by atoms with Crippen molar-refractivity contribution in [1.82, 2.24) is 9.55 Å². The number of ether oxygens (including phenoxy) is 3. The maximum atomic E-state index is 12.3. The van der Waals surface area contributed by atoms with Crippen LogP contribution in [0.5, 0.6) is 0 Å². The molecule has 3 rings (SSSR count). The molecule has 30 heavy (non-hydrogen) atoms. The van der Waals surface area contributed by atoms with Gasteiger partial charge in [-0.25, -0.2) is 9.36 Å². The number of rotatable bonds is 8. The zero-order chi connectivity index (χ0) is 21.9. The van der Waals surface area contributed by atoms with Gasteiger partial charge in [0.15, 0.2) is 12.5 Å². The third kappa shape index (κ3) is 6.25. The fourth-order valence-corrected chi connectivity index (χ4v) is 4.10. The molecule has 0 aliphatic carbocycles. The molecule has 0 aromatic carbocycles. The topological polar surface area (TPSA) is 205 Å². The molecule has 2 fully saturated rings. The highest BCUT2D eigenvalue weighted by atomic mass is 31.2. The molecule has 16 heteroatoms. The lowest BCUT2D eigenvalue weighted by molar-refractivity contribution is -0.214. The van der Waals surface area contributed by atoms with Crippen molar-refractivity contribution in [2.75, 3.05) is 18.9 Å². The normalized spacial score (nSPS) is 30.1. The number of nitrogens with two attached hydrogens (primary N) is 1. The molecule has 3 heterocycles. The Morgan fingerprint density at radius 2 is 2.10 bits per heavy atom. The average molecular weight is 471 g/mol. The van der Waals surface area contributed by atoms with E-state index in [1.165, 1.54) is 12.3 Å². The number of hydrogen-bond acceptors (Lipinski definition) is 11. The molecule has 14 nitrogen and oxygen atoms in total. The SMILES string of the molecule is Nc1ccn([C@@H]2O[C@H](COP(O)O)[C@@H](OP(=O)(O)O)[C@H]2OC2CCCCO2)c(=O)n1. The van der Waals surface area contributed by atoms with E-state index in [9.17, 15) is 19.1 Å². The van der Waals surface area contributed by atoms with E-state index in [0.29, 0.717) is 13.0 Å². The fraction of sp³-hybridized carbons (Fsp3) is 0.714. The van der Waals surface area contributed by atoms with Gasteiger partial charge in [-0.2, -0.15) is 4.98 Å². The second kappa shape index (κ2) is 10.1. The van der Waals surface area contributed by atoms with Crippen molar-refractivity contribution in [2.24, 2.45) is 0 Å². The first-order chi connectivity index (χ1) is 14.1. The Kier molecular flexibility index (Phi) is 7.93. The van der Waals surface area contributed by atoms with Gasteiger partial charge >= 0.3 is 22.1 Å². The predicted octanol–water partition coefficient (Wildman–Crippen LogP) is -0.659. The van der Waals surface area contributed by atoms with Crippen molar-refractivity contribution in [3.8, 4) is 0 Å². The molecule has 1 aromatic heterocycles. The summed E-state index contributed by atoms with van der Waals surface area (Å²) in [4.78, 5) is 52.7. The summed E-state index contributed by atoms with van der Waals surface area (Å²) in [6, 6.07) is 1.34. The van der Waals surface area contributed by atoms with Gasteiger partial charge < -0.3 is 44.0 Å². The maximum Gasteiger partial charge on any atom is 0.470 e. The first-order valence-corrected chi connectivity index (χ1v) is 11.7. The Balaban J connectivity index is 1.94. The minimum atomic E-state index is -5.03. The molecule has 2 saturated heterocycles. The maximum absolute atomic E-state index is 12.3. The predicted molar refractivity (Wildman–Crippen MR) is 99.5 cm³/mol. The second-order valence-corrected chi connectivity index (χ2v) is 8.57. The van der Waals surface area contributed by atoms with Gasteiger partial charge in [-0.15, -0.1) is 0 Å².